The molecule has 8 nitrogen and oxygen atoms in total. The molecular formula is C30H32N4O4. The van der Waals surface area contributed by atoms with E-state index < -0.39 is 11.2 Å². The van der Waals surface area contributed by atoms with Crippen molar-refractivity contribution in [2.75, 3.05) is 18.5 Å². The van der Waals surface area contributed by atoms with Crippen LogP contribution in [0.2, 0.25) is 0 Å². The van der Waals surface area contributed by atoms with Crippen molar-refractivity contribution in [1.82, 2.24) is 14.5 Å². The number of fused-ring (bicyclic) bond motifs is 1. The zero-order chi connectivity index (χ0) is 27.2. The van der Waals surface area contributed by atoms with Crippen molar-refractivity contribution < 1.29 is 9.59 Å². The highest BCUT2D eigenvalue weighted by molar-refractivity contribution is 5.93. The van der Waals surface area contributed by atoms with Gasteiger partial charge in [0.25, 0.3) is 5.56 Å². The first kappa shape index (κ1) is 26.6. The van der Waals surface area contributed by atoms with Gasteiger partial charge >= 0.3 is 5.69 Å². The summed E-state index contributed by atoms with van der Waals surface area (Å²) in [5.74, 6) is -0.370. The number of aromatic nitrogens is 2. The number of aryl methyl sites for hydroxylation is 1. The number of carbonyl (C=O) groups excluding carboxylic acids is 2. The Labute approximate surface area is 221 Å². The normalized spacial score (nSPS) is 10.9. The monoisotopic (exact) mass is 512 g/mol. The summed E-state index contributed by atoms with van der Waals surface area (Å²) in [5.41, 5.74) is 2.19. The van der Waals surface area contributed by atoms with Gasteiger partial charge in [0.2, 0.25) is 11.8 Å². The molecule has 1 N–H and O–H groups in total. The number of benzene rings is 3. The number of hydrogen-bond acceptors (Lipinski definition) is 4. The molecule has 0 aliphatic carbocycles. The maximum absolute atomic E-state index is 13.7. The molecule has 1 heterocycles. The summed E-state index contributed by atoms with van der Waals surface area (Å²) in [5, 5.41) is 3.21. The average molecular weight is 513 g/mol. The second-order valence-electron chi connectivity index (χ2n) is 9.36. The van der Waals surface area contributed by atoms with E-state index in [1.807, 2.05) is 31.2 Å². The zero-order valence-electron chi connectivity index (χ0n) is 21.9. The molecule has 2 amide bonds. The Balaban J connectivity index is 1.68. The van der Waals surface area contributed by atoms with Gasteiger partial charge in [-0.1, -0.05) is 49.7 Å². The van der Waals surface area contributed by atoms with Crippen molar-refractivity contribution in [3.63, 3.8) is 0 Å². The number of amides is 2. The number of likely N-dealkylation sites (N-methyl/N-ethyl adjacent to an activating group) is 1. The van der Waals surface area contributed by atoms with Crippen molar-refractivity contribution in [3.8, 4) is 5.69 Å². The van der Waals surface area contributed by atoms with Gasteiger partial charge in [0.05, 0.1) is 23.0 Å². The minimum absolute atomic E-state index is 0.0762. The van der Waals surface area contributed by atoms with Crippen LogP contribution in [0.15, 0.2) is 82.4 Å². The summed E-state index contributed by atoms with van der Waals surface area (Å²) >= 11 is 0. The van der Waals surface area contributed by atoms with Crippen LogP contribution < -0.4 is 21.5 Å². The number of nitrogens with one attached hydrogen (secondary N) is 1. The predicted molar refractivity (Wildman–Crippen MR) is 150 cm³/mol. The molecule has 0 unspecified atom stereocenters. The van der Waals surface area contributed by atoms with E-state index in [2.05, 4.69) is 12.2 Å². The van der Waals surface area contributed by atoms with Crippen LogP contribution in [0.25, 0.3) is 16.6 Å². The molecule has 0 saturated carbocycles. The van der Waals surface area contributed by atoms with Crippen LogP contribution in [-0.4, -0.2) is 34.5 Å². The summed E-state index contributed by atoms with van der Waals surface area (Å²) in [7, 11) is 1.66. The van der Waals surface area contributed by atoms with E-state index in [0.29, 0.717) is 23.1 Å². The van der Waals surface area contributed by atoms with Crippen molar-refractivity contribution >= 4 is 28.4 Å². The van der Waals surface area contributed by atoms with Crippen molar-refractivity contribution in [2.45, 2.75) is 39.7 Å². The minimum Gasteiger partial charge on any atom is -0.356 e. The summed E-state index contributed by atoms with van der Waals surface area (Å²) in [4.78, 5) is 53.9. The highest BCUT2D eigenvalue weighted by atomic mass is 16.2. The molecule has 0 atom stereocenters. The Morgan fingerprint density at radius 3 is 2.39 bits per heavy atom. The number of anilines is 1. The molecule has 0 aliphatic heterocycles. The molecule has 0 fully saturated rings. The standard InChI is InChI=1S/C30H32N4O4/c1-4-5-17-31-27(35)19-22-13-15-23(16-14-22)34-29(37)25-11-6-7-12-26(25)33(30(34)38)20-28(36)32(3)24-10-8-9-21(2)18-24/h6-16,18H,4-5,17,19-20H2,1-3H3,(H,31,35). The second-order valence-corrected chi connectivity index (χ2v) is 9.36. The molecule has 8 heteroatoms. The quantitative estimate of drug-likeness (QED) is 0.347. The Kier molecular flexibility index (Phi) is 8.21. The summed E-state index contributed by atoms with van der Waals surface area (Å²) in [6, 6.07) is 21.1. The molecule has 0 spiro atoms. The highest BCUT2D eigenvalue weighted by Crippen LogP contribution is 2.16. The average Bonchev–Trinajstić information content (AvgIpc) is 2.91. The molecule has 4 aromatic rings. The van der Waals surface area contributed by atoms with Crippen LogP contribution in [0.5, 0.6) is 0 Å². The van der Waals surface area contributed by atoms with Crippen LogP contribution in [0.4, 0.5) is 5.69 Å². The largest absolute Gasteiger partial charge is 0.356 e. The van der Waals surface area contributed by atoms with Gasteiger partial charge in [-0.2, -0.15) is 0 Å². The third kappa shape index (κ3) is 5.75. The molecule has 0 saturated heterocycles. The van der Waals surface area contributed by atoms with Crippen LogP contribution in [0.1, 0.15) is 30.9 Å². The third-order valence-corrected chi connectivity index (χ3v) is 6.52. The van der Waals surface area contributed by atoms with Crippen LogP contribution in [0, 0.1) is 6.92 Å². The summed E-state index contributed by atoms with van der Waals surface area (Å²) in [6.07, 6.45) is 2.13. The van der Waals surface area contributed by atoms with Gasteiger partial charge in [0.15, 0.2) is 0 Å². The second kappa shape index (κ2) is 11.7. The first-order chi connectivity index (χ1) is 18.3. The van der Waals surface area contributed by atoms with Crippen molar-refractivity contribution in [3.05, 3.63) is 105 Å². The maximum atomic E-state index is 13.7. The van der Waals surface area contributed by atoms with Gasteiger partial charge in [0, 0.05) is 19.3 Å². The SMILES string of the molecule is CCCCNC(=O)Cc1ccc(-n2c(=O)c3ccccc3n(CC(=O)N(C)c3cccc(C)c3)c2=O)cc1. The molecule has 1 aromatic heterocycles. The lowest BCUT2D eigenvalue weighted by Gasteiger charge is -2.20. The first-order valence-corrected chi connectivity index (χ1v) is 12.7. The van der Waals surface area contributed by atoms with Crippen LogP contribution >= 0.6 is 0 Å². The Morgan fingerprint density at radius 1 is 0.947 bits per heavy atom. The van der Waals surface area contributed by atoms with Gasteiger partial charge in [-0.25, -0.2) is 9.36 Å². The van der Waals surface area contributed by atoms with E-state index in [-0.39, 0.29) is 24.8 Å². The van der Waals surface area contributed by atoms with E-state index in [0.717, 1.165) is 34.2 Å². The fraction of sp³-hybridized carbons (Fsp3) is 0.267. The molecule has 0 bridgehead atoms. The van der Waals surface area contributed by atoms with Gasteiger partial charge in [-0.15, -0.1) is 0 Å². The summed E-state index contributed by atoms with van der Waals surface area (Å²) in [6.45, 7) is 4.41. The molecule has 4 rings (SSSR count). The predicted octanol–water partition coefficient (Wildman–Crippen LogP) is 3.58. The van der Waals surface area contributed by atoms with E-state index >= 15 is 0 Å². The van der Waals surface area contributed by atoms with Gasteiger partial charge in [0.1, 0.15) is 6.54 Å². The Hall–Kier alpha value is -4.46. The van der Waals surface area contributed by atoms with Gasteiger partial charge in [-0.3, -0.25) is 19.0 Å². The lowest BCUT2D eigenvalue weighted by molar-refractivity contribution is -0.120. The highest BCUT2D eigenvalue weighted by Gasteiger charge is 2.19. The molecule has 0 aliphatic rings. The van der Waals surface area contributed by atoms with E-state index in [4.69, 9.17) is 0 Å². The van der Waals surface area contributed by atoms with Crippen LogP contribution in [-0.2, 0) is 22.6 Å². The summed E-state index contributed by atoms with van der Waals surface area (Å²) < 4.78 is 2.41. The first-order valence-electron chi connectivity index (χ1n) is 12.7. The fourth-order valence-electron chi connectivity index (χ4n) is 4.34. The molecular weight excluding hydrogens is 480 g/mol. The molecule has 196 valence electrons. The Morgan fingerprint density at radius 2 is 1.68 bits per heavy atom. The fourth-order valence-corrected chi connectivity index (χ4v) is 4.34. The van der Waals surface area contributed by atoms with Crippen molar-refractivity contribution in [1.29, 1.82) is 0 Å². The Bertz CT molecular complexity index is 1580. The van der Waals surface area contributed by atoms with E-state index in [1.165, 1.54) is 9.47 Å². The number of hydrogen-bond donors (Lipinski definition) is 1. The lowest BCUT2D eigenvalue weighted by atomic mass is 10.1. The number of nitrogens with zero attached hydrogens (tertiary/aromatic N) is 3. The van der Waals surface area contributed by atoms with Gasteiger partial charge < -0.3 is 10.2 Å². The van der Waals surface area contributed by atoms with E-state index in [1.54, 1.807) is 55.6 Å². The topological polar surface area (TPSA) is 93.4 Å². The third-order valence-electron chi connectivity index (χ3n) is 6.52. The number of unbranched alkanes of at least 4 members (excludes halogenated alkanes) is 1. The van der Waals surface area contributed by atoms with Crippen molar-refractivity contribution in [2.24, 2.45) is 0 Å². The smallest absolute Gasteiger partial charge is 0.336 e. The zero-order valence-corrected chi connectivity index (χ0v) is 21.9. The molecule has 3 aromatic carbocycles. The molecule has 38 heavy (non-hydrogen) atoms. The minimum atomic E-state index is -0.607. The maximum Gasteiger partial charge on any atom is 0.336 e. The van der Waals surface area contributed by atoms with Crippen LogP contribution in [0.3, 0.4) is 0 Å². The lowest BCUT2D eigenvalue weighted by Crippen LogP contribution is -2.42. The number of carbonyl (C=O) groups is 2. The van der Waals surface area contributed by atoms with Gasteiger partial charge in [-0.05, 0) is 60.9 Å². The number of rotatable bonds is 9. The van der Waals surface area contributed by atoms with E-state index in [9.17, 15) is 19.2 Å². The molecule has 0 radical (unpaired) electrons. The number of para-hydroxylation sites is 1.